The number of carboxylic acid groups (broad SMARTS) is 1. The number of benzene rings is 3. The molecule has 0 spiro atoms. The second kappa shape index (κ2) is 18.3. The minimum atomic E-state index is -1.98. The van der Waals surface area contributed by atoms with E-state index in [9.17, 15) is 65.1 Å². The molecule has 2 saturated heterocycles. The topological polar surface area (TPSA) is 342 Å². The number of carbonyl (C=O) groups is 3. The molecule has 9 N–H and O–H groups in total. The van der Waals surface area contributed by atoms with Crippen molar-refractivity contribution in [3.8, 4) is 51.4 Å². The number of phenols is 2. The average Bonchev–Trinajstić information content (AvgIpc) is 3.20. The largest absolute Gasteiger partial charge is 0.872 e. The van der Waals surface area contributed by atoms with E-state index in [-0.39, 0.29) is 45.6 Å². The van der Waals surface area contributed by atoms with E-state index < -0.39 is 110 Å². The lowest BCUT2D eigenvalue weighted by atomic mass is 9.99. The number of hydrogen-bond donors (Lipinski definition) is 9. The van der Waals surface area contributed by atoms with Crippen LogP contribution in [0.2, 0.25) is 0 Å². The number of carbonyl (C=O) groups excluding carboxylic acids is 2. The Kier molecular flexibility index (Phi) is 13.2. The number of ether oxygens (including phenoxy) is 6. The number of aliphatic hydroxyl groups is 6. The first-order valence-electron chi connectivity index (χ1n) is 17.8. The van der Waals surface area contributed by atoms with Crippen LogP contribution in [0.4, 0.5) is 0 Å². The van der Waals surface area contributed by atoms with Crippen LogP contribution in [0, 0.1) is 0 Å². The number of rotatable bonds is 13. The Balaban J connectivity index is 1.28. The van der Waals surface area contributed by atoms with Crippen molar-refractivity contribution < 1.29 is 98.3 Å². The highest BCUT2D eigenvalue weighted by Gasteiger charge is 2.47. The van der Waals surface area contributed by atoms with Gasteiger partial charge in [-0.05, 0) is 29.8 Å². The number of carboxylic acids is 1. The maximum Gasteiger partial charge on any atom is 0.330 e. The third-order valence-electron chi connectivity index (χ3n) is 9.23. The summed E-state index contributed by atoms with van der Waals surface area (Å²) in [5.74, 6) is -5.85. The van der Waals surface area contributed by atoms with E-state index in [1.54, 1.807) is 0 Å². The number of aliphatic hydroxyl groups excluding tert-OH is 6. The zero-order valence-corrected chi connectivity index (χ0v) is 30.7. The van der Waals surface area contributed by atoms with Crippen LogP contribution in [0.15, 0.2) is 76.0 Å². The van der Waals surface area contributed by atoms with E-state index >= 15 is 0 Å². The second-order valence-corrected chi connectivity index (χ2v) is 13.5. The van der Waals surface area contributed by atoms with Crippen molar-refractivity contribution in [1.82, 2.24) is 0 Å². The Bertz CT molecular complexity index is 2240. The molecule has 21 heteroatoms. The maximum atomic E-state index is 12.9. The van der Waals surface area contributed by atoms with Crippen LogP contribution in [0.3, 0.4) is 0 Å². The zero-order valence-electron chi connectivity index (χ0n) is 30.7. The summed E-state index contributed by atoms with van der Waals surface area (Å²) >= 11 is 0. The molecule has 0 aromatic heterocycles. The first kappa shape index (κ1) is 43.3. The highest BCUT2D eigenvalue weighted by atomic mass is 16.7. The molecule has 60 heavy (non-hydrogen) atoms. The fraction of sp³-hybridized carbons (Fsp3) is 0.333. The van der Waals surface area contributed by atoms with Gasteiger partial charge in [-0.1, -0.05) is 30.3 Å². The van der Waals surface area contributed by atoms with E-state index in [1.165, 1.54) is 54.6 Å². The number of phenolic OH excluding ortho intramolecular Hbond substituents is 2. The van der Waals surface area contributed by atoms with Crippen molar-refractivity contribution in [3.05, 3.63) is 82.5 Å². The van der Waals surface area contributed by atoms with E-state index in [1.807, 2.05) is 0 Å². The van der Waals surface area contributed by atoms with Crippen LogP contribution in [0.25, 0.3) is 28.7 Å². The first-order chi connectivity index (χ1) is 28.5. The minimum Gasteiger partial charge on any atom is -0.872 e. The highest BCUT2D eigenvalue weighted by molar-refractivity contribution is 5.90. The number of aromatic hydroxyl groups is 2. The van der Waals surface area contributed by atoms with Crippen LogP contribution in [0.1, 0.15) is 12.0 Å². The molecule has 6 rings (SSSR count). The molecule has 3 aliphatic heterocycles. The fourth-order valence-corrected chi connectivity index (χ4v) is 6.08. The Hall–Kier alpha value is -6.30. The Morgan fingerprint density at radius 2 is 1.30 bits per heavy atom. The van der Waals surface area contributed by atoms with Gasteiger partial charge in [0.05, 0.1) is 5.56 Å². The normalized spacial score (nSPS) is 26.7. The SMILES string of the molecule is O=C(O)CC(=O)OC[C@H]1O[C@@H](Oc2cc(=O)cc3oc(-c4ccc([O-])cc4)c(O[C@@H]4O[C@H](COC(=O)C=Cc5ccc(O)c(O)c5)[C@@H](O)[C@H](O)[C@H]4O)cc2-3)[C@H](O)[C@@H](O)[C@@H]1O. The summed E-state index contributed by atoms with van der Waals surface area (Å²) in [4.78, 5) is 48.0. The monoisotopic (exact) mass is 841 g/mol. The van der Waals surface area contributed by atoms with Gasteiger partial charge in [-0.15, -0.1) is 5.75 Å². The highest BCUT2D eigenvalue weighted by Crippen LogP contribution is 2.43. The predicted octanol–water partition coefficient (Wildman–Crippen LogP) is -1.46. The van der Waals surface area contributed by atoms with Gasteiger partial charge >= 0.3 is 17.9 Å². The lowest BCUT2D eigenvalue weighted by molar-refractivity contribution is -0.278. The van der Waals surface area contributed by atoms with Crippen molar-refractivity contribution >= 4 is 24.0 Å². The van der Waals surface area contributed by atoms with Gasteiger partial charge in [-0.2, -0.15) is 0 Å². The first-order valence-corrected chi connectivity index (χ1v) is 17.8. The smallest absolute Gasteiger partial charge is 0.330 e. The average molecular weight is 842 g/mol. The molecule has 0 saturated carbocycles. The molecule has 3 heterocycles. The molecule has 2 fully saturated rings. The summed E-state index contributed by atoms with van der Waals surface area (Å²) in [5.41, 5.74) is -0.277. The van der Waals surface area contributed by atoms with Gasteiger partial charge in [-0.3, -0.25) is 14.4 Å². The van der Waals surface area contributed by atoms with Gasteiger partial charge in [-0.25, -0.2) is 4.79 Å². The molecule has 2 aromatic carbocycles. The van der Waals surface area contributed by atoms with Crippen LogP contribution < -0.4 is 20.0 Å². The number of fused-ring (bicyclic) bond motifs is 1. The third kappa shape index (κ3) is 9.93. The molecule has 21 nitrogen and oxygen atoms in total. The van der Waals surface area contributed by atoms with Crippen LogP contribution >= 0.6 is 0 Å². The Labute approximate surface area is 337 Å². The summed E-state index contributed by atoms with van der Waals surface area (Å²) in [6, 6.07) is 12.0. The zero-order chi connectivity index (χ0) is 43.4. The molecule has 10 atom stereocenters. The van der Waals surface area contributed by atoms with Crippen LogP contribution in [-0.4, -0.2) is 138 Å². The molecule has 2 aromatic rings. The minimum absolute atomic E-state index is 0.0836. The summed E-state index contributed by atoms with van der Waals surface area (Å²) < 4.78 is 39.1. The Morgan fingerprint density at radius 3 is 1.90 bits per heavy atom. The predicted molar refractivity (Wildman–Crippen MR) is 194 cm³/mol. The maximum absolute atomic E-state index is 12.9. The van der Waals surface area contributed by atoms with Gasteiger partial charge in [0.2, 0.25) is 12.6 Å². The van der Waals surface area contributed by atoms with Gasteiger partial charge in [0.15, 0.2) is 28.4 Å². The quantitative estimate of drug-likeness (QED) is 0.0321. The van der Waals surface area contributed by atoms with Crippen LogP contribution in [0.5, 0.6) is 28.7 Å². The van der Waals surface area contributed by atoms with Crippen molar-refractivity contribution in [2.45, 2.75) is 67.8 Å². The number of esters is 2. The van der Waals surface area contributed by atoms with Crippen molar-refractivity contribution in [2.24, 2.45) is 0 Å². The van der Waals surface area contributed by atoms with Gasteiger partial charge in [0.1, 0.15) is 80.0 Å². The summed E-state index contributed by atoms with van der Waals surface area (Å²) in [7, 11) is 0. The summed E-state index contributed by atoms with van der Waals surface area (Å²) in [5, 5.41) is 104. The molecular weight excluding hydrogens is 804 g/mol. The standard InChI is InChI=1S/C39H38O21/c40-18-5-3-17(4-6-18)37-25(58-39-36(53)34(51)31(48)26(60-39)14-54-29(46)8-2-16-1-7-21(42)22(43)9-16)12-20-23(56-37)10-19(41)11-24(20)57-38-35(52)33(50)32(49)27(59-38)15-55-30(47)13-28(44)45/h1-12,26-27,31-36,38-40,42-43,48-53H,13-15H2,(H,44,45)/p-1/t26-,27-,31-,32-,33+,34+,35-,36-,38-,39-/m1/s1. The third-order valence-corrected chi connectivity index (χ3v) is 9.23. The molecule has 0 radical (unpaired) electrons. The van der Waals surface area contributed by atoms with E-state index in [4.69, 9.17) is 37.9 Å². The molecule has 4 aliphatic rings. The van der Waals surface area contributed by atoms with Crippen molar-refractivity contribution in [2.75, 3.05) is 13.2 Å². The molecular formula is C39H37O21-. The Morgan fingerprint density at radius 1 is 0.700 bits per heavy atom. The fourth-order valence-electron chi connectivity index (χ4n) is 6.08. The van der Waals surface area contributed by atoms with Gasteiger partial charge < -0.3 is 83.9 Å². The molecule has 0 bridgehead atoms. The second-order valence-electron chi connectivity index (χ2n) is 13.5. The number of aliphatic carboxylic acids is 1. The number of hydrogen-bond acceptors (Lipinski definition) is 20. The molecule has 320 valence electrons. The van der Waals surface area contributed by atoms with Crippen molar-refractivity contribution in [1.29, 1.82) is 0 Å². The molecule has 0 unspecified atom stereocenters. The van der Waals surface area contributed by atoms with E-state index in [0.717, 1.165) is 18.2 Å². The van der Waals surface area contributed by atoms with E-state index in [2.05, 4.69) is 0 Å². The molecule has 1 aliphatic carbocycles. The lowest BCUT2D eigenvalue weighted by Crippen LogP contribution is -2.60. The van der Waals surface area contributed by atoms with Crippen LogP contribution in [-0.2, 0) is 33.3 Å². The van der Waals surface area contributed by atoms with Gasteiger partial charge in [0, 0.05) is 23.8 Å². The van der Waals surface area contributed by atoms with E-state index in [0.29, 0.717) is 5.56 Å². The molecule has 0 amide bonds. The van der Waals surface area contributed by atoms with Gasteiger partial charge in [0.25, 0.3) is 0 Å². The summed E-state index contributed by atoms with van der Waals surface area (Å²) in [6.45, 7) is -1.45. The lowest BCUT2D eigenvalue weighted by Gasteiger charge is -2.40. The van der Waals surface area contributed by atoms with Crippen molar-refractivity contribution in [3.63, 3.8) is 0 Å². The summed E-state index contributed by atoms with van der Waals surface area (Å²) in [6.07, 6.45) is -17.0.